The molecule has 0 bridgehead atoms. The van der Waals surface area contributed by atoms with Crippen molar-refractivity contribution >= 4 is 38.6 Å². The minimum atomic E-state index is -3.90. The van der Waals surface area contributed by atoms with Gasteiger partial charge in [0.1, 0.15) is 9.77 Å². The van der Waals surface area contributed by atoms with Gasteiger partial charge in [-0.1, -0.05) is 22.8 Å². The van der Waals surface area contributed by atoms with Crippen LogP contribution >= 0.6 is 22.9 Å². The second-order valence-corrected chi connectivity index (χ2v) is 9.85. The van der Waals surface area contributed by atoms with Crippen LogP contribution < -0.4 is 13.8 Å². The van der Waals surface area contributed by atoms with Gasteiger partial charge >= 0.3 is 0 Å². The van der Waals surface area contributed by atoms with E-state index in [0.29, 0.717) is 38.5 Å². The van der Waals surface area contributed by atoms with E-state index in [1.54, 1.807) is 55.0 Å². The van der Waals surface area contributed by atoms with Crippen LogP contribution in [-0.4, -0.2) is 39.8 Å². The largest absolute Gasteiger partial charge is 0.493 e. The van der Waals surface area contributed by atoms with E-state index in [1.807, 2.05) is 0 Å². The average Bonchev–Trinajstić information content (AvgIpc) is 3.48. The van der Waals surface area contributed by atoms with E-state index in [9.17, 15) is 8.42 Å². The number of hydrogen-bond donors (Lipinski definition) is 0. The fourth-order valence-corrected chi connectivity index (χ4v) is 5.71. The third kappa shape index (κ3) is 4.04. The van der Waals surface area contributed by atoms with Gasteiger partial charge in [-0.3, -0.25) is 4.31 Å². The van der Waals surface area contributed by atoms with Crippen molar-refractivity contribution < 1.29 is 22.4 Å². The second kappa shape index (κ2) is 8.81. The molecule has 0 amide bonds. The Morgan fingerprint density at radius 1 is 1.06 bits per heavy atom. The molecule has 32 heavy (non-hydrogen) atoms. The number of ether oxygens (including phenoxy) is 2. The summed E-state index contributed by atoms with van der Waals surface area (Å²) in [7, 11) is 0.640. The van der Waals surface area contributed by atoms with Crippen LogP contribution in [0.3, 0.4) is 0 Å². The maximum atomic E-state index is 13.3. The highest BCUT2D eigenvalue weighted by Crippen LogP contribution is 2.37. The lowest BCUT2D eigenvalue weighted by atomic mass is 10.2. The molecule has 0 aliphatic heterocycles. The summed E-state index contributed by atoms with van der Waals surface area (Å²) < 4.78 is 43.7. The Hall–Kier alpha value is -3.08. The molecule has 0 atom stereocenters. The van der Waals surface area contributed by atoms with Crippen LogP contribution in [0.4, 0.5) is 5.69 Å². The Morgan fingerprint density at radius 2 is 1.84 bits per heavy atom. The van der Waals surface area contributed by atoms with Crippen molar-refractivity contribution in [3.05, 3.63) is 58.9 Å². The van der Waals surface area contributed by atoms with Crippen LogP contribution in [0.1, 0.15) is 0 Å². The minimum absolute atomic E-state index is 0.0625. The molecule has 2 aromatic carbocycles. The Balaban J connectivity index is 1.70. The summed E-state index contributed by atoms with van der Waals surface area (Å²) in [5.41, 5.74) is 1.07. The summed E-state index contributed by atoms with van der Waals surface area (Å²) in [6.45, 7) is 0. The number of hydrogen-bond acceptors (Lipinski definition) is 8. The lowest BCUT2D eigenvalue weighted by molar-refractivity contribution is 0.355. The van der Waals surface area contributed by atoms with Gasteiger partial charge in [0.15, 0.2) is 11.5 Å². The number of sulfonamides is 1. The Labute approximate surface area is 194 Å². The van der Waals surface area contributed by atoms with Gasteiger partial charge in [0.25, 0.3) is 15.9 Å². The summed E-state index contributed by atoms with van der Waals surface area (Å²) in [4.78, 5) is 4.81. The molecule has 2 heterocycles. The van der Waals surface area contributed by atoms with Crippen molar-refractivity contribution in [1.82, 2.24) is 10.1 Å². The molecule has 4 rings (SSSR count). The molecular formula is C21H18ClN3O5S2. The van der Waals surface area contributed by atoms with Gasteiger partial charge in [-0.25, -0.2) is 8.42 Å². The molecule has 0 radical (unpaired) electrons. The molecule has 0 fully saturated rings. The van der Waals surface area contributed by atoms with Gasteiger partial charge in [0.2, 0.25) is 5.82 Å². The Bertz CT molecular complexity index is 1370. The highest BCUT2D eigenvalue weighted by atomic mass is 35.5. The molecule has 2 aromatic heterocycles. The van der Waals surface area contributed by atoms with Gasteiger partial charge in [-0.2, -0.15) is 4.98 Å². The number of anilines is 1. The topological polar surface area (TPSA) is 94.8 Å². The van der Waals surface area contributed by atoms with Gasteiger partial charge in [-0.05, 0) is 47.8 Å². The summed E-state index contributed by atoms with van der Waals surface area (Å²) in [6.07, 6.45) is 0. The predicted octanol–water partition coefficient (Wildman–Crippen LogP) is 4.96. The molecule has 11 heteroatoms. The maximum absolute atomic E-state index is 13.3. The minimum Gasteiger partial charge on any atom is -0.493 e. The standard InChI is InChI=1S/C21H18ClN3O5S2/c1-25(15-6-4-5-14(22)12-15)32(26,27)18-9-10-31-19(18)21-23-20(24-30-21)13-7-8-16(28-2)17(11-13)29-3/h4-12H,1-3H3. The SMILES string of the molecule is COc1ccc(-c2noc(-c3sccc3S(=O)(=O)N(C)c3cccc(Cl)c3)n2)cc1OC. The smallest absolute Gasteiger partial charge is 0.269 e. The highest BCUT2D eigenvalue weighted by molar-refractivity contribution is 7.93. The van der Waals surface area contributed by atoms with Crippen molar-refractivity contribution in [1.29, 1.82) is 0 Å². The van der Waals surface area contributed by atoms with Crippen LogP contribution in [0.2, 0.25) is 5.02 Å². The Kier molecular flexibility index (Phi) is 6.09. The van der Waals surface area contributed by atoms with Gasteiger partial charge in [0, 0.05) is 17.6 Å². The van der Waals surface area contributed by atoms with Gasteiger partial charge < -0.3 is 14.0 Å². The summed E-state index contributed by atoms with van der Waals surface area (Å²) in [6, 6.07) is 13.3. The predicted molar refractivity (Wildman–Crippen MR) is 123 cm³/mol. The van der Waals surface area contributed by atoms with Crippen LogP contribution in [0.5, 0.6) is 11.5 Å². The lowest BCUT2D eigenvalue weighted by Crippen LogP contribution is -2.26. The highest BCUT2D eigenvalue weighted by Gasteiger charge is 2.29. The first-order valence-corrected chi connectivity index (χ1v) is 11.9. The molecule has 0 aliphatic rings. The molecule has 4 aromatic rings. The van der Waals surface area contributed by atoms with Crippen LogP contribution in [0.15, 0.2) is 63.3 Å². The third-order valence-corrected chi connectivity index (χ3v) is 7.80. The molecule has 0 aliphatic carbocycles. The maximum Gasteiger partial charge on any atom is 0.269 e. The van der Waals surface area contributed by atoms with Gasteiger partial charge in [0.05, 0.1) is 19.9 Å². The monoisotopic (exact) mass is 491 g/mol. The molecule has 0 N–H and O–H groups in total. The number of thiophene rings is 1. The lowest BCUT2D eigenvalue weighted by Gasteiger charge is -2.19. The van der Waals surface area contributed by atoms with Crippen LogP contribution in [-0.2, 0) is 10.0 Å². The molecule has 166 valence electrons. The number of benzene rings is 2. The Morgan fingerprint density at radius 3 is 2.56 bits per heavy atom. The second-order valence-electron chi connectivity index (χ2n) is 6.56. The van der Waals surface area contributed by atoms with Crippen molar-refractivity contribution in [3.63, 3.8) is 0 Å². The first-order valence-electron chi connectivity index (χ1n) is 9.23. The van der Waals surface area contributed by atoms with E-state index in [2.05, 4.69) is 10.1 Å². The third-order valence-electron chi connectivity index (χ3n) is 4.70. The average molecular weight is 492 g/mol. The normalized spacial score (nSPS) is 11.4. The van der Waals surface area contributed by atoms with Crippen molar-refractivity contribution in [2.75, 3.05) is 25.6 Å². The van der Waals surface area contributed by atoms with E-state index in [1.165, 1.54) is 31.6 Å². The van der Waals surface area contributed by atoms with E-state index < -0.39 is 10.0 Å². The molecular weight excluding hydrogens is 474 g/mol. The first kappa shape index (κ1) is 22.1. The zero-order valence-electron chi connectivity index (χ0n) is 17.3. The molecule has 8 nitrogen and oxygen atoms in total. The molecule has 0 saturated carbocycles. The zero-order chi connectivity index (χ0) is 22.9. The van der Waals surface area contributed by atoms with Gasteiger partial charge in [-0.15, -0.1) is 11.3 Å². The fourth-order valence-electron chi connectivity index (χ4n) is 3.02. The fraction of sp³-hybridized carbons (Fsp3) is 0.143. The number of halogens is 1. The number of nitrogens with zero attached hydrogens (tertiary/aromatic N) is 3. The van der Waals surface area contributed by atoms with Crippen molar-refractivity contribution in [2.24, 2.45) is 0 Å². The van der Waals surface area contributed by atoms with E-state index in [4.69, 9.17) is 25.6 Å². The van der Waals surface area contributed by atoms with E-state index in [-0.39, 0.29) is 10.8 Å². The number of aromatic nitrogens is 2. The quantitative estimate of drug-likeness (QED) is 0.360. The summed E-state index contributed by atoms with van der Waals surface area (Å²) >= 11 is 7.22. The molecule has 0 saturated heterocycles. The van der Waals surface area contributed by atoms with E-state index >= 15 is 0 Å². The molecule has 0 unspecified atom stereocenters. The van der Waals surface area contributed by atoms with Crippen molar-refractivity contribution in [2.45, 2.75) is 4.90 Å². The van der Waals surface area contributed by atoms with E-state index in [0.717, 1.165) is 4.31 Å². The summed E-state index contributed by atoms with van der Waals surface area (Å²) in [5.74, 6) is 1.47. The number of methoxy groups -OCH3 is 2. The zero-order valence-corrected chi connectivity index (χ0v) is 19.7. The number of rotatable bonds is 7. The van der Waals surface area contributed by atoms with Crippen molar-refractivity contribution in [3.8, 4) is 33.7 Å². The molecule has 0 spiro atoms. The summed E-state index contributed by atoms with van der Waals surface area (Å²) in [5, 5.41) is 6.11. The van der Waals surface area contributed by atoms with Crippen LogP contribution in [0.25, 0.3) is 22.2 Å². The van der Waals surface area contributed by atoms with Crippen LogP contribution in [0, 0.1) is 0 Å². The first-order chi connectivity index (χ1) is 15.3.